The van der Waals surface area contributed by atoms with Crippen molar-refractivity contribution in [1.29, 1.82) is 0 Å². The zero-order valence-corrected chi connectivity index (χ0v) is 13.4. The number of amides is 1. The van der Waals surface area contributed by atoms with Gasteiger partial charge < -0.3 is 5.32 Å². The molecular weight excluding hydrogens is 284 g/mol. The highest BCUT2D eigenvalue weighted by Gasteiger charge is 2.16. The van der Waals surface area contributed by atoms with Crippen LogP contribution in [0.3, 0.4) is 0 Å². The Kier molecular flexibility index (Phi) is 4.38. The summed E-state index contributed by atoms with van der Waals surface area (Å²) in [6.45, 7) is 4.14. The maximum atomic E-state index is 12.7. The van der Waals surface area contributed by atoms with Gasteiger partial charge in [0.05, 0.1) is 17.1 Å². The van der Waals surface area contributed by atoms with Crippen molar-refractivity contribution in [1.82, 2.24) is 10.3 Å². The van der Waals surface area contributed by atoms with E-state index < -0.39 is 0 Å². The third-order valence-electron chi connectivity index (χ3n) is 4.09. The molecule has 1 N–H and O–H groups in total. The van der Waals surface area contributed by atoms with Crippen LogP contribution in [0.25, 0.3) is 10.9 Å². The van der Waals surface area contributed by atoms with Gasteiger partial charge in [0.25, 0.3) is 5.91 Å². The van der Waals surface area contributed by atoms with Gasteiger partial charge in [0.2, 0.25) is 0 Å². The molecular formula is C20H20N2O. The number of nitrogens with zero attached hydrogens (tertiary/aromatic N) is 1. The summed E-state index contributed by atoms with van der Waals surface area (Å²) in [5.74, 6) is -0.0592. The molecule has 3 aromatic rings. The van der Waals surface area contributed by atoms with Crippen LogP contribution in [0, 0.1) is 6.92 Å². The number of rotatable bonds is 4. The molecule has 0 saturated carbocycles. The van der Waals surface area contributed by atoms with E-state index in [-0.39, 0.29) is 11.9 Å². The lowest BCUT2D eigenvalue weighted by atomic mass is 10.0. The smallest absolute Gasteiger partial charge is 0.252 e. The van der Waals surface area contributed by atoms with Crippen molar-refractivity contribution < 1.29 is 4.79 Å². The standard InChI is InChI=1S/C20H20N2O/c1-3-18(15-10-8-14(2)9-11-15)22-20(23)17-12-13-21-19-7-5-4-6-16(17)19/h4-13,18H,3H2,1-2H3,(H,22,23). The number of pyridine rings is 1. The summed E-state index contributed by atoms with van der Waals surface area (Å²) in [6, 6.07) is 17.8. The molecule has 0 spiro atoms. The summed E-state index contributed by atoms with van der Waals surface area (Å²) in [5.41, 5.74) is 3.85. The van der Waals surface area contributed by atoms with E-state index in [1.165, 1.54) is 5.56 Å². The van der Waals surface area contributed by atoms with Crippen molar-refractivity contribution in [2.24, 2.45) is 0 Å². The van der Waals surface area contributed by atoms with E-state index in [1.54, 1.807) is 12.3 Å². The molecule has 23 heavy (non-hydrogen) atoms. The molecule has 0 bridgehead atoms. The molecule has 3 heteroatoms. The van der Waals surface area contributed by atoms with Crippen molar-refractivity contribution >= 4 is 16.8 Å². The predicted octanol–water partition coefficient (Wildman–Crippen LogP) is 4.42. The SMILES string of the molecule is CCC(NC(=O)c1ccnc2ccccc12)c1ccc(C)cc1. The number of para-hydroxylation sites is 1. The fourth-order valence-electron chi connectivity index (χ4n) is 2.75. The van der Waals surface area contributed by atoms with Crippen LogP contribution in [0.2, 0.25) is 0 Å². The molecule has 0 aliphatic carbocycles. The minimum Gasteiger partial charge on any atom is -0.345 e. The van der Waals surface area contributed by atoms with E-state index in [1.807, 2.05) is 24.3 Å². The summed E-state index contributed by atoms with van der Waals surface area (Å²) in [7, 11) is 0. The van der Waals surface area contributed by atoms with E-state index in [2.05, 4.69) is 48.4 Å². The van der Waals surface area contributed by atoms with E-state index in [4.69, 9.17) is 0 Å². The summed E-state index contributed by atoms with van der Waals surface area (Å²) in [5, 5.41) is 4.02. The number of aromatic nitrogens is 1. The normalized spacial score (nSPS) is 12.1. The first-order valence-electron chi connectivity index (χ1n) is 7.90. The number of carbonyl (C=O) groups excluding carboxylic acids is 1. The molecule has 0 saturated heterocycles. The van der Waals surface area contributed by atoms with Gasteiger partial charge in [0.15, 0.2) is 0 Å². The number of fused-ring (bicyclic) bond motifs is 1. The molecule has 1 amide bonds. The fraction of sp³-hybridized carbons (Fsp3) is 0.200. The third kappa shape index (κ3) is 3.24. The van der Waals surface area contributed by atoms with Crippen molar-refractivity contribution in [3.63, 3.8) is 0 Å². The Balaban J connectivity index is 1.88. The quantitative estimate of drug-likeness (QED) is 0.775. The monoisotopic (exact) mass is 304 g/mol. The number of nitrogens with one attached hydrogen (secondary N) is 1. The third-order valence-corrected chi connectivity index (χ3v) is 4.09. The second-order valence-electron chi connectivity index (χ2n) is 5.72. The number of aryl methyl sites for hydroxylation is 1. The average molecular weight is 304 g/mol. The first-order valence-corrected chi connectivity index (χ1v) is 7.90. The van der Waals surface area contributed by atoms with Crippen molar-refractivity contribution in [2.45, 2.75) is 26.3 Å². The van der Waals surface area contributed by atoms with Gasteiger partial charge in [-0.15, -0.1) is 0 Å². The average Bonchev–Trinajstić information content (AvgIpc) is 2.60. The first kappa shape index (κ1) is 15.2. The minimum absolute atomic E-state index is 0.00928. The highest BCUT2D eigenvalue weighted by Crippen LogP contribution is 2.20. The second kappa shape index (κ2) is 6.61. The summed E-state index contributed by atoms with van der Waals surface area (Å²) in [6.07, 6.45) is 2.53. The Hall–Kier alpha value is -2.68. The number of hydrogen-bond acceptors (Lipinski definition) is 2. The lowest BCUT2D eigenvalue weighted by Gasteiger charge is -2.18. The van der Waals surface area contributed by atoms with Gasteiger partial charge >= 0.3 is 0 Å². The van der Waals surface area contributed by atoms with Crippen LogP contribution < -0.4 is 5.32 Å². The molecule has 0 aliphatic heterocycles. The van der Waals surface area contributed by atoms with Gasteiger partial charge in [-0.1, -0.05) is 55.0 Å². The summed E-state index contributed by atoms with van der Waals surface area (Å²) >= 11 is 0. The molecule has 1 heterocycles. The van der Waals surface area contributed by atoms with Gasteiger partial charge in [-0.3, -0.25) is 9.78 Å². The number of carbonyl (C=O) groups is 1. The maximum Gasteiger partial charge on any atom is 0.252 e. The van der Waals surface area contributed by atoms with Crippen molar-refractivity contribution in [3.05, 3.63) is 77.5 Å². The second-order valence-corrected chi connectivity index (χ2v) is 5.72. The Morgan fingerprint density at radius 1 is 1.09 bits per heavy atom. The van der Waals surface area contributed by atoms with Gasteiger partial charge in [0.1, 0.15) is 0 Å². The minimum atomic E-state index is -0.0592. The molecule has 116 valence electrons. The molecule has 0 aliphatic rings. The van der Waals surface area contributed by atoms with Crippen LogP contribution in [0.4, 0.5) is 0 Å². The van der Waals surface area contributed by atoms with E-state index in [0.717, 1.165) is 22.9 Å². The Labute approximate surface area is 136 Å². The van der Waals surface area contributed by atoms with Crippen molar-refractivity contribution in [3.8, 4) is 0 Å². The number of benzene rings is 2. The zero-order valence-electron chi connectivity index (χ0n) is 13.4. The van der Waals surface area contributed by atoms with E-state index in [9.17, 15) is 4.79 Å². The van der Waals surface area contributed by atoms with Crippen LogP contribution in [0.1, 0.15) is 40.9 Å². The molecule has 1 unspecified atom stereocenters. The zero-order chi connectivity index (χ0) is 16.2. The molecule has 1 atom stereocenters. The fourth-order valence-corrected chi connectivity index (χ4v) is 2.75. The number of hydrogen-bond donors (Lipinski definition) is 1. The molecule has 0 radical (unpaired) electrons. The van der Waals surface area contributed by atoms with Crippen LogP contribution in [-0.4, -0.2) is 10.9 Å². The molecule has 3 rings (SSSR count). The Bertz CT molecular complexity index is 819. The van der Waals surface area contributed by atoms with Gasteiger partial charge in [-0.25, -0.2) is 0 Å². The molecule has 1 aromatic heterocycles. The molecule has 2 aromatic carbocycles. The van der Waals surface area contributed by atoms with Crippen LogP contribution in [0.5, 0.6) is 0 Å². The molecule has 0 fully saturated rings. The van der Waals surface area contributed by atoms with Gasteiger partial charge in [0, 0.05) is 11.6 Å². The Morgan fingerprint density at radius 3 is 2.57 bits per heavy atom. The van der Waals surface area contributed by atoms with Crippen LogP contribution in [-0.2, 0) is 0 Å². The maximum absolute atomic E-state index is 12.7. The highest BCUT2D eigenvalue weighted by molar-refractivity contribution is 6.06. The van der Waals surface area contributed by atoms with Crippen LogP contribution in [0.15, 0.2) is 60.8 Å². The van der Waals surface area contributed by atoms with Crippen LogP contribution >= 0.6 is 0 Å². The lowest BCUT2D eigenvalue weighted by Crippen LogP contribution is -2.28. The lowest BCUT2D eigenvalue weighted by molar-refractivity contribution is 0.0937. The summed E-state index contributed by atoms with van der Waals surface area (Å²) < 4.78 is 0. The van der Waals surface area contributed by atoms with Crippen molar-refractivity contribution in [2.75, 3.05) is 0 Å². The highest BCUT2D eigenvalue weighted by atomic mass is 16.1. The topological polar surface area (TPSA) is 42.0 Å². The van der Waals surface area contributed by atoms with E-state index >= 15 is 0 Å². The van der Waals surface area contributed by atoms with E-state index in [0.29, 0.717) is 5.56 Å². The first-order chi connectivity index (χ1) is 11.2. The molecule has 3 nitrogen and oxygen atoms in total. The van der Waals surface area contributed by atoms with Gasteiger partial charge in [-0.05, 0) is 31.0 Å². The van der Waals surface area contributed by atoms with Gasteiger partial charge in [-0.2, -0.15) is 0 Å². The Morgan fingerprint density at radius 2 is 1.83 bits per heavy atom. The predicted molar refractivity (Wildman–Crippen MR) is 93.4 cm³/mol. The largest absolute Gasteiger partial charge is 0.345 e. The summed E-state index contributed by atoms with van der Waals surface area (Å²) in [4.78, 5) is 17.0.